The lowest BCUT2D eigenvalue weighted by atomic mass is 9.66. The van der Waals surface area contributed by atoms with Crippen LogP contribution in [0, 0.1) is 18.3 Å². The largest absolute Gasteiger partial charge is 0.386 e. The van der Waals surface area contributed by atoms with E-state index in [1.165, 1.54) is 19.3 Å². The zero-order valence-electron chi connectivity index (χ0n) is 11.4. The summed E-state index contributed by atoms with van der Waals surface area (Å²) in [5.41, 5.74) is 6.66. The van der Waals surface area contributed by atoms with Gasteiger partial charge in [-0.05, 0) is 38.5 Å². The van der Waals surface area contributed by atoms with Gasteiger partial charge in [0.25, 0.3) is 0 Å². The van der Waals surface area contributed by atoms with Crippen LogP contribution in [0.25, 0.3) is 0 Å². The molecular weight excluding hydrogens is 244 g/mol. The van der Waals surface area contributed by atoms with E-state index in [1.54, 1.807) is 11.3 Å². The van der Waals surface area contributed by atoms with Gasteiger partial charge in [0.05, 0.1) is 10.7 Å². The van der Waals surface area contributed by atoms with Crippen molar-refractivity contribution in [2.45, 2.75) is 52.1 Å². The Bertz CT molecular complexity index is 383. The molecular formula is C14H24N2OS. The van der Waals surface area contributed by atoms with Crippen molar-refractivity contribution in [1.29, 1.82) is 0 Å². The quantitative estimate of drug-likeness (QED) is 0.882. The third-order valence-corrected chi connectivity index (χ3v) is 5.37. The van der Waals surface area contributed by atoms with Crippen LogP contribution in [0.3, 0.4) is 0 Å². The van der Waals surface area contributed by atoms with E-state index in [4.69, 9.17) is 5.73 Å². The zero-order valence-corrected chi connectivity index (χ0v) is 12.2. The highest BCUT2D eigenvalue weighted by Crippen LogP contribution is 2.47. The summed E-state index contributed by atoms with van der Waals surface area (Å²) in [6, 6.07) is 0. The molecule has 3 nitrogen and oxygen atoms in total. The molecule has 1 heterocycles. The van der Waals surface area contributed by atoms with Gasteiger partial charge >= 0.3 is 0 Å². The summed E-state index contributed by atoms with van der Waals surface area (Å²) in [4.78, 5) is 4.43. The first kappa shape index (κ1) is 14.0. The molecule has 0 amide bonds. The van der Waals surface area contributed by atoms with E-state index in [2.05, 4.69) is 11.9 Å². The average Bonchev–Trinajstić information content (AvgIpc) is 2.84. The van der Waals surface area contributed by atoms with E-state index in [9.17, 15) is 5.11 Å². The number of rotatable bonds is 4. The zero-order chi connectivity index (χ0) is 13.2. The molecule has 1 aromatic rings. The molecule has 4 heteroatoms. The molecule has 1 aliphatic carbocycles. The molecule has 0 aliphatic heterocycles. The number of aliphatic hydroxyl groups excluding tert-OH is 1. The summed E-state index contributed by atoms with van der Waals surface area (Å²) in [5, 5.41) is 13.6. The standard InChI is InChI=1S/C14H24N2OS/c1-3-11-4-6-14(9-15,7-5-11)13(17)12-8-18-10(2)16-12/h8,11,13,17H,3-7,9,15H2,1-2H3. The first-order valence-corrected chi connectivity index (χ1v) is 7.79. The number of aliphatic hydroxyl groups is 1. The van der Waals surface area contributed by atoms with Crippen molar-refractivity contribution in [3.63, 3.8) is 0 Å². The van der Waals surface area contributed by atoms with Crippen molar-refractivity contribution < 1.29 is 5.11 Å². The SMILES string of the molecule is CCC1CCC(CN)(C(O)c2csc(C)n2)CC1. The molecule has 1 aliphatic rings. The highest BCUT2D eigenvalue weighted by molar-refractivity contribution is 7.09. The fraction of sp³-hybridized carbons (Fsp3) is 0.786. The molecule has 18 heavy (non-hydrogen) atoms. The minimum atomic E-state index is -0.495. The highest BCUT2D eigenvalue weighted by Gasteiger charge is 2.41. The number of hydrogen-bond donors (Lipinski definition) is 2. The summed E-state index contributed by atoms with van der Waals surface area (Å²) in [5.74, 6) is 0.814. The molecule has 3 N–H and O–H groups in total. The predicted molar refractivity (Wildman–Crippen MR) is 75.5 cm³/mol. The average molecular weight is 268 g/mol. The molecule has 1 saturated carbocycles. The second-order valence-corrected chi connectivity index (χ2v) is 6.67. The number of nitrogens with zero attached hydrogens (tertiary/aromatic N) is 1. The molecule has 1 fully saturated rings. The summed E-state index contributed by atoms with van der Waals surface area (Å²) in [6.07, 6.45) is 5.18. The monoisotopic (exact) mass is 268 g/mol. The third kappa shape index (κ3) is 2.60. The first-order valence-electron chi connectivity index (χ1n) is 6.91. The normalized spacial score (nSPS) is 30.3. The Balaban J connectivity index is 2.13. The van der Waals surface area contributed by atoms with Crippen molar-refractivity contribution in [3.05, 3.63) is 16.1 Å². The van der Waals surface area contributed by atoms with Crippen molar-refractivity contribution in [1.82, 2.24) is 4.98 Å². The third-order valence-electron chi connectivity index (χ3n) is 4.58. The van der Waals surface area contributed by atoms with Crippen LogP contribution >= 0.6 is 11.3 Å². The Morgan fingerprint density at radius 2 is 2.22 bits per heavy atom. The van der Waals surface area contributed by atoms with Crippen LogP contribution in [0.2, 0.25) is 0 Å². The summed E-state index contributed by atoms with van der Waals surface area (Å²) in [6.45, 7) is 4.78. The molecule has 1 atom stereocenters. The van der Waals surface area contributed by atoms with Crippen molar-refractivity contribution >= 4 is 11.3 Å². The maximum atomic E-state index is 10.6. The summed E-state index contributed by atoms with van der Waals surface area (Å²) in [7, 11) is 0. The second kappa shape index (κ2) is 5.68. The molecule has 1 unspecified atom stereocenters. The lowest BCUT2D eigenvalue weighted by molar-refractivity contribution is -0.0126. The molecule has 0 radical (unpaired) electrons. The van der Waals surface area contributed by atoms with Crippen molar-refractivity contribution in [2.24, 2.45) is 17.1 Å². The topological polar surface area (TPSA) is 59.1 Å². The molecule has 0 bridgehead atoms. The minimum absolute atomic E-state index is 0.147. The molecule has 1 aromatic heterocycles. The van der Waals surface area contributed by atoms with Crippen LogP contribution in [0.5, 0.6) is 0 Å². The first-order chi connectivity index (χ1) is 8.61. The summed E-state index contributed by atoms with van der Waals surface area (Å²) < 4.78 is 0. The lowest BCUT2D eigenvalue weighted by Crippen LogP contribution is -2.40. The van der Waals surface area contributed by atoms with Gasteiger partial charge in [-0.25, -0.2) is 4.98 Å². The Morgan fingerprint density at radius 1 is 1.56 bits per heavy atom. The Morgan fingerprint density at radius 3 is 2.67 bits per heavy atom. The van der Waals surface area contributed by atoms with E-state index >= 15 is 0 Å². The molecule has 2 rings (SSSR count). The molecule has 102 valence electrons. The van der Waals surface area contributed by atoms with Gasteiger partial charge in [-0.1, -0.05) is 13.3 Å². The van der Waals surface area contributed by atoms with Gasteiger partial charge in [-0.15, -0.1) is 11.3 Å². The van der Waals surface area contributed by atoms with E-state index in [1.807, 2.05) is 12.3 Å². The fourth-order valence-electron chi connectivity index (χ4n) is 3.07. The van der Waals surface area contributed by atoms with Gasteiger partial charge in [0.1, 0.15) is 6.10 Å². The number of aromatic nitrogens is 1. The smallest absolute Gasteiger partial charge is 0.104 e. The summed E-state index contributed by atoms with van der Waals surface area (Å²) >= 11 is 1.60. The number of thiazole rings is 1. The maximum absolute atomic E-state index is 10.6. The maximum Gasteiger partial charge on any atom is 0.104 e. The Kier molecular flexibility index (Phi) is 4.41. The minimum Gasteiger partial charge on any atom is -0.386 e. The van der Waals surface area contributed by atoms with Crippen LogP contribution in [0.4, 0.5) is 0 Å². The van der Waals surface area contributed by atoms with E-state index in [-0.39, 0.29) is 5.41 Å². The van der Waals surface area contributed by atoms with Gasteiger partial charge < -0.3 is 10.8 Å². The molecule has 0 saturated heterocycles. The molecule has 0 aromatic carbocycles. The van der Waals surface area contributed by atoms with Gasteiger partial charge in [0.2, 0.25) is 0 Å². The van der Waals surface area contributed by atoms with Crippen molar-refractivity contribution in [2.75, 3.05) is 6.54 Å². The second-order valence-electron chi connectivity index (χ2n) is 5.61. The van der Waals surface area contributed by atoms with E-state index in [0.717, 1.165) is 29.5 Å². The van der Waals surface area contributed by atoms with Crippen LogP contribution < -0.4 is 5.73 Å². The fourth-order valence-corrected chi connectivity index (χ4v) is 3.70. The molecule has 0 spiro atoms. The van der Waals surface area contributed by atoms with E-state index < -0.39 is 6.10 Å². The number of nitrogens with two attached hydrogens (primary N) is 1. The van der Waals surface area contributed by atoms with Crippen LogP contribution in [0.15, 0.2) is 5.38 Å². The highest BCUT2D eigenvalue weighted by atomic mass is 32.1. The Hall–Kier alpha value is -0.450. The van der Waals surface area contributed by atoms with Crippen molar-refractivity contribution in [3.8, 4) is 0 Å². The van der Waals surface area contributed by atoms with E-state index in [0.29, 0.717) is 6.54 Å². The predicted octanol–water partition coefficient (Wildman–Crippen LogP) is 3.03. The van der Waals surface area contributed by atoms with Crippen LogP contribution in [0.1, 0.15) is 55.8 Å². The van der Waals surface area contributed by atoms with Crippen LogP contribution in [-0.2, 0) is 0 Å². The van der Waals surface area contributed by atoms with Crippen LogP contribution in [-0.4, -0.2) is 16.6 Å². The number of hydrogen-bond acceptors (Lipinski definition) is 4. The van der Waals surface area contributed by atoms with Gasteiger partial charge in [0, 0.05) is 17.3 Å². The Labute approximate surface area is 113 Å². The number of aryl methyl sites for hydroxylation is 1. The van der Waals surface area contributed by atoms with Gasteiger partial charge in [-0.2, -0.15) is 0 Å². The van der Waals surface area contributed by atoms with Gasteiger partial charge in [-0.3, -0.25) is 0 Å². The lowest BCUT2D eigenvalue weighted by Gasteiger charge is -2.42. The van der Waals surface area contributed by atoms with Gasteiger partial charge in [0.15, 0.2) is 0 Å².